The van der Waals surface area contributed by atoms with E-state index in [-0.39, 0.29) is 0 Å². The van der Waals surface area contributed by atoms with E-state index in [1.807, 2.05) is 0 Å². The second kappa shape index (κ2) is 6.86. The maximum absolute atomic E-state index is 5.52. The first-order valence-electron chi connectivity index (χ1n) is 8.51. The molecule has 0 spiro atoms. The lowest BCUT2D eigenvalue weighted by Gasteiger charge is -2.36. The average molecular weight is 308 g/mol. The Bertz CT molecular complexity index is 513. The molecular formula is C17H30N3O2+3. The van der Waals surface area contributed by atoms with E-state index >= 15 is 0 Å². The van der Waals surface area contributed by atoms with Gasteiger partial charge in [0, 0.05) is 11.1 Å². The minimum absolute atomic E-state index is 0.585. The molecule has 2 aliphatic rings. The van der Waals surface area contributed by atoms with Gasteiger partial charge in [0.2, 0.25) is 0 Å². The quantitative estimate of drug-likeness (QED) is 0.582. The molecule has 2 aliphatic heterocycles. The van der Waals surface area contributed by atoms with E-state index in [1.54, 1.807) is 24.0 Å². The molecule has 0 aromatic heterocycles. The van der Waals surface area contributed by atoms with Crippen LogP contribution in [0.5, 0.6) is 11.5 Å². The third-order valence-electron chi connectivity index (χ3n) is 5.38. The van der Waals surface area contributed by atoms with E-state index in [2.05, 4.69) is 24.4 Å². The Morgan fingerprint density at radius 2 is 1.77 bits per heavy atom. The van der Waals surface area contributed by atoms with Crippen LogP contribution in [-0.2, 0) is 6.54 Å². The summed E-state index contributed by atoms with van der Waals surface area (Å²) < 4.78 is 11.0. The summed E-state index contributed by atoms with van der Waals surface area (Å²) in [6.07, 6.45) is 0. The van der Waals surface area contributed by atoms with Crippen molar-refractivity contribution >= 4 is 0 Å². The molecular weight excluding hydrogens is 278 g/mol. The van der Waals surface area contributed by atoms with Gasteiger partial charge in [-0.2, -0.15) is 0 Å². The van der Waals surface area contributed by atoms with E-state index in [9.17, 15) is 0 Å². The standard InChI is InChI=1S/C17H27N3O2/c1-4-19-5-7-20(8-6-19)15-12-18-11-13-9-16(21-2)17(22-3)10-14(13)15/h9-10,15,18H,4-8,11-12H2,1-3H3/p+3/t15-/m0/s1. The van der Waals surface area contributed by atoms with Gasteiger partial charge in [-0.15, -0.1) is 0 Å². The Morgan fingerprint density at radius 1 is 1.09 bits per heavy atom. The number of ether oxygens (including phenoxy) is 2. The van der Waals surface area contributed by atoms with Gasteiger partial charge >= 0.3 is 0 Å². The van der Waals surface area contributed by atoms with Crippen molar-refractivity contribution in [1.82, 2.24) is 0 Å². The van der Waals surface area contributed by atoms with Crippen LogP contribution in [0.3, 0.4) is 0 Å². The van der Waals surface area contributed by atoms with Crippen LogP contribution in [0, 0.1) is 0 Å². The number of benzene rings is 1. The van der Waals surface area contributed by atoms with E-state index in [4.69, 9.17) is 9.47 Å². The predicted octanol–water partition coefficient (Wildman–Crippen LogP) is -2.37. The van der Waals surface area contributed by atoms with Crippen LogP contribution in [0.4, 0.5) is 0 Å². The van der Waals surface area contributed by atoms with Crippen LogP contribution >= 0.6 is 0 Å². The summed E-state index contributed by atoms with van der Waals surface area (Å²) in [5.74, 6) is 1.72. The fourth-order valence-electron chi connectivity index (χ4n) is 3.98. The van der Waals surface area contributed by atoms with Gasteiger partial charge in [0.15, 0.2) is 17.5 Å². The lowest BCUT2D eigenvalue weighted by atomic mass is 9.94. The first kappa shape index (κ1) is 15.6. The maximum atomic E-state index is 5.52. The van der Waals surface area contributed by atoms with Crippen LogP contribution in [0.25, 0.3) is 0 Å². The molecule has 122 valence electrons. The van der Waals surface area contributed by atoms with Gasteiger partial charge in [-0.3, -0.25) is 0 Å². The Balaban J connectivity index is 1.84. The number of methoxy groups -OCH3 is 2. The second-order valence-corrected chi connectivity index (χ2v) is 6.45. The summed E-state index contributed by atoms with van der Waals surface area (Å²) in [4.78, 5) is 3.48. The van der Waals surface area contributed by atoms with Gasteiger partial charge in [0.25, 0.3) is 0 Å². The van der Waals surface area contributed by atoms with Gasteiger partial charge in [0.05, 0.1) is 20.8 Å². The summed E-state index contributed by atoms with van der Waals surface area (Å²) in [5, 5.41) is 2.44. The fraction of sp³-hybridized carbons (Fsp3) is 0.647. The molecule has 4 N–H and O–H groups in total. The van der Waals surface area contributed by atoms with Crippen LogP contribution in [0.1, 0.15) is 24.1 Å². The number of nitrogens with two attached hydrogens (primary N) is 1. The fourth-order valence-corrected chi connectivity index (χ4v) is 3.98. The molecule has 0 aliphatic carbocycles. The smallest absolute Gasteiger partial charge is 0.164 e. The van der Waals surface area contributed by atoms with Crippen molar-refractivity contribution in [2.75, 3.05) is 53.5 Å². The molecule has 5 nitrogen and oxygen atoms in total. The van der Waals surface area contributed by atoms with Crippen LogP contribution in [0.2, 0.25) is 0 Å². The number of fused-ring (bicyclic) bond motifs is 1. The number of rotatable bonds is 4. The zero-order valence-electron chi connectivity index (χ0n) is 14.1. The number of nitrogens with one attached hydrogen (secondary N) is 2. The summed E-state index contributed by atoms with van der Waals surface area (Å²) in [5.41, 5.74) is 2.88. The molecule has 1 aromatic carbocycles. The van der Waals surface area contributed by atoms with E-state index < -0.39 is 0 Å². The zero-order valence-corrected chi connectivity index (χ0v) is 14.1. The molecule has 5 heteroatoms. The Morgan fingerprint density at radius 3 is 2.41 bits per heavy atom. The van der Waals surface area contributed by atoms with Crippen molar-refractivity contribution in [2.45, 2.75) is 19.5 Å². The molecule has 0 bridgehead atoms. The molecule has 1 atom stereocenters. The van der Waals surface area contributed by atoms with E-state index in [1.165, 1.54) is 50.4 Å². The summed E-state index contributed by atoms with van der Waals surface area (Å²) in [6.45, 7) is 10.9. The number of hydrogen-bond acceptors (Lipinski definition) is 2. The average Bonchev–Trinajstić information content (AvgIpc) is 2.60. The van der Waals surface area contributed by atoms with Crippen LogP contribution < -0.4 is 24.6 Å². The van der Waals surface area contributed by atoms with Gasteiger partial charge in [-0.1, -0.05) is 0 Å². The highest BCUT2D eigenvalue weighted by Gasteiger charge is 2.35. The highest BCUT2D eigenvalue weighted by molar-refractivity contribution is 5.48. The number of quaternary nitrogens is 3. The Hall–Kier alpha value is -1.30. The highest BCUT2D eigenvalue weighted by atomic mass is 16.5. The lowest BCUT2D eigenvalue weighted by molar-refractivity contribution is -1.03. The minimum Gasteiger partial charge on any atom is -0.493 e. The van der Waals surface area contributed by atoms with Crippen molar-refractivity contribution in [3.8, 4) is 11.5 Å². The normalized spacial score (nSPS) is 28.0. The van der Waals surface area contributed by atoms with E-state index in [0.29, 0.717) is 6.04 Å². The third kappa shape index (κ3) is 2.93. The molecule has 1 fully saturated rings. The first-order chi connectivity index (χ1) is 10.8. The van der Waals surface area contributed by atoms with Gasteiger partial charge < -0.3 is 24.6 Å². The number of likely N-dealkylation sites (N-methyl/N-ethyl adjacent to an activating group) is 1. The molecule has 2 heterocycles. The molecule has 3 rings (SSSR count). The lowest BCUT2D eigenvalue weighted by Crippen LogP contribution is -3.28. The van der Waals surface area contributed by atoms with Crippen molar-refractivity contribution in [1.29, 1.82) is 0 Å². The Kier molecular flexibility index (Phi) is 4.86. The summed E-state index contributed by atoms with van der Waals surface area (Å²) in [7, 11) is 3.44. The molecule has 0 radical (unpaired) electrons. The largest absolute Gasteiger partial charge is 0.493 e. The molecule has 22 heavy (non-hydrogen) atoms. The number of hydrogen-bond donors (Lipinski definition) is 3. The minimum atomic E-state index is 0.585. The molecule has 0 unspecified atom stereocenters. The zero-order chi connectivity index (χ0) is 15.5. The summed E-state index contributed by atoms with van der Waals surface area (Å²) in [6, 6.07) is 4.98. The topological polar surface area (TPSA) is 44.0 Å². The second-order valence-electron chi connectivity index (χ2n) is 6.45. The summed E-state index contributed by atoms with van der Waals surface area (Å²) >= 11 is 0. The molecule has 0 saturated carbocycles. The number of piperazine rings is 1. The molecule has 0 amide bonds. The first-order valence-corrected chi connectivity index (χ1v) is 8.51. The van der Waals surface area contributed by atoms with Crippen molar-refractivity contribution in [3.63, 3.8) is 0 Å². The third-order valence-corrected chi connectivity index (χ3v) is 5.38. The van der Waals surface area contributed by atoms with Gasteiger partial charge in [-0.05, 0) is 19.1 Å². The molecule has 1 aromatic rings. The van der Waals surface area contributed by atoms with Crippen molar-refractivity contribution in [2.24, 2.45) is 0 Å². The SMILES string of the molecule is CC[NH+]1CC[NH+]([C@H]2C[NH2+]Cc3cc(OC)c(OC)cc32)CC1. The van der Waals surface area contributed by atoms with Crippen molar-refractivity contribution in [3.05, 3.63) is 23.3 Å². The van der Waals surface area contributed by atoms with Gasteiger partial charge in [-0.25, -0.2) is 0 Å². The van der Waals surface area contributed by atoms with Gasteiger partial charge in [0.1, 0.15) is 39.3 Å². The monoisotopic (exact) mass is 308 g/mol. The van der Waals surface area contributed by atoms with E-state index in [0.717, 1.165) is 18.0 Å². The highest BCUT2D eigenvalue weighted by Crippen LogP contribution is 2.33. The predicted molar refractivity (Wildman–Crippen MR) is 84.7 cm³/mol. The van der Waals surface area contributed by atoms with Crippen LogP contribution in [-0.4, -0.2) is 53.5 Å². The maximum Gasteiger partial charge on any atom is 0.164 e. The molecule has 1 saturated heterocycles. The van der Waals surface area contributed by atoms with Crippen LogP contribution in [0.15, 0.2) is 12.1 Å². The van der Waals surface area contributed by atoms with Crippen molar-refractivity contribution < 1.29 is 24.6 Å². The Labute approximate surface area is 133 Å².